The van der Waals surface area contributed by atoms with Crippen LogP contribution in [0.25, 0.3) is 0 Å². The molecule has 2 aromatic rings. The summed E-state index contributed by atoms with van der Waals surface area (Å²) in [4.78, 5) is 2.16. The Bertz CT molecular complexity index is 726. The Hall–Kier alpha value is -1.99. The van der Waals surface area contributed by atoms with Gasteiger partial charge in [-0.2, -0.15) is 0 Å². The first-order chi connectivity index (χ1) is 14.1. The van der Waals surface area contributed by atoms with Crippen molar-refractivity contribution >= 4 is 11.6 Å². The lowest BCUT2D eigenvalue weighted by atomic mass is 10.1. The predicted molar refractivity (Wildman–Crippen MR) is 114 cm³/mol. The second-order valence-electron chi connectivity index (χ2n) is 6.65. The molecule has 0 saturated carbocycles. The Balaban J connectivity index is 2.00. The van der Waals surface area contributed by atoms with Gasteiger partial charge in [0.15, 0.2) is 11.5 Å². The zero-order chi connectivity index (χ0) is 21.1. The monoisotopic (exact) mass is 423 g/mol. The number of ether oxygens (including phenoxy) is 4. The molecule has 0 saturated heterocycles. The molecule has 2 aromatic carbocycles. The first-order valence-electron chi connectivity index (χ1n) is 9.55. The highest BCUT2D eigenvalue weighted by Gasteiger charge is 2.17. The fourth-order valence-corrected chi connectivity index (χ4v) is 3.19. The predicted octanol–water partition coefficient (Wildman–Crippen LogP) is 3.64. The van der Waals surface area contributed by atoms with E-state index in [1.165, 1.54) is 0 Å². The summed E-state index contributed by atoms with van der Waals surface area (Å²) in [6, 6.07) is 12.9. The van der Waals surface area contributed by atoms with Crippen LogP contribution in [0, 0.1) is 0 Å². The van der Waals surface area contributed by atoms with Crippen LogP contribution in [-0.4, -0.2) is 63.7 Å². The van der Waals surface area contributed by atoms with Gasteiger partial charge in [0.1, 0.15) is 18.5 Å². The molecule has 160 valence electrons. The molecule has 1 N–H and O–H groups in total. The van der Waals surface area contributed by atoms with Gasteiger partial charge in [0, 0.05) is 43.9 Å². The molecule has 0 aliphatic heterocycles. The highest BCUT2D eigenvalue weighted by Crippen LogP contribution is 2.31. The van der Waals surface area contributed by atoms with Gasteiger partial charge in [0.25, 0.3) is 0 Å². The summed E-state index contributed by atoms with van der Waals surface area (Å²) < 4.78 is 21.8. The van der Waals surface area contributed by atoms with E-state index in [9.17, 15) is 5.11 Å². The van der Waals surface area contributed by atoms with Crippen molar-refractivity contribution in [3.8, 4) is 17.2 Å². The smallest absolute Gasteiger partial charge is 0.165 e. The molecule has 7 heteroatoms. The lowest BCUT2D eigenvalue weighted by Crippen LogP contribution is -2.36. The molecule has 0 aliphatic rings. The summed E-state index contributed by atoms with van der Waals surface area (Å²) in [5.74, 6) is 2.07. The van der Waals surface area contributed by atoms with Crippen molar-refractivity contribution in [1.82, 2.24) is 4.90 Å². The number of nitrogens with zero attached hydrogens (tertiary/aromatic N) is 1. The van der Waals surface area contributed by atoms with Crippen LogP contribution in [0.15, 0.2) is 42.5 Å². The Morgan fingerprint density at radius 2 is 1.79 bits per heavy atom. The standard InChI is InChI=1S/C22H30ClNO5/c1-26-13-5-12-24(14-17-6-4-7-21(27-2)22(17)28-3)15-19(25)16-29-20-10-8-18(23)9-11-20/h4,6-11,19,25H,5,12-16H2,1-3H3. The average molecular weight is 424 g/mol. The van der Waals surface area contributed by atoms with Crippen molar-refractivity contribution in [2.24, 2.45) is 0 Å². The van der Waals surface area contributed by atoms with Gasteiger partial charge in [-0.05, 0) is 36.8 Å². The Morgan fingerprint density at radius 3 is 2.45 bits per heavy atom. The molecule has 6 nitrogen and oxygen atoms in total. The summed E-state index contributed by atoms with van der Waals surface area (Å²) >= 11 is 5.89. The van der Waals surface area contributed by atoms with E-state index in [2.05, 4.69) is 4.90 Å². The molecule has 0 radical (unpaired) electrons. The molecule has 2 rings (SSSR count). The SMILES string of the molecule is COCCCN(Cc1cccc(OC)c1OC)CC(O)COc1ccc(Cl)cc1. The van der Waals surface area contributed by atoms with E-state index >= 15 is 0 Å². The van der Waals surface area contributed by atoms with Crippen molar-refractivity contribution in [3.05, 3.63) is 53.1 Å². The van der Waals surface area contributed by atoms with Gasteiger partial charge >= 0.3 is 0 Å². The van der Waals surface area contributed by atoms with Crippen LogP contribution in [0.2, 0.25) is 5.02 Å². The maximum atomic E-state index is 10.5. The van der Waals surface area contributed by atoms with Gasteiger partial charge in [-0.3, -0.25) is 4.90 Å². The Morgan fingerprint density at radius 1 is 1.03 bits per heavy atom. The first-order valence-corrected chi connectivity index (χ1v) is 9.92. The van der Waals surface area contributed by atoms with Crippen molar-refractivity contribution in [3.63, 3.8) is 0 Å². The maximum Gasteiger partial charge on any atom is 0.165 e. The van der Waals surface area contributed by atoms with Crippen LogP contribution in [0.5, 0.6) is 17.2 Å². The van der Waals surface area contributed by atoms with Gasteiger partial charge in [0.2, 0.25) is 0 Å². The normalized spacial score (nSPS) is 12.1. The van der Waals surface area contributed by atoms with Crippen LogP contribution < -0.4 is 14.2 Å². The number of para-hydroxylation sites is 1. The summed E-state index contributed by atoms with van der Waals surface area (Å²) in [5, 5.41) is 11.2. The number of hydrogen-bond acceptors (Lipinski definition) is 6. The summed E-state index contributed by atoms with van der Waals surface area (Å²) in [6.45, 7) is 2.69. The van der Waals surface area contributed by atoms with E-state index in [0.29, 0.717) is 42.0 Å². The largest absolute Gasteiger partial charge is 0.493 e. The number of aliphatic hydroxyl groups excluding tert-OH is 1. The van der Waals surface area contributed by atoms with Gasteiger partial charge in [-0.25, -0.2) is 0 Å². The fraction of sp³-hybridized carbons (Fsp3) is 0.455. The molecule has 0 heterocycles. The zero-order valence-electron chi connectivity index (χ0n) is 17.3. The van der Waals surface area contributed by atoms with Crippen molar-refractivity contribution < 1.29 is 24.1 Å². The number of rotatable bonds is 13. The first kappa shape index (κ1) is 23.3. The van der Waals surface area contributed by atoms with E-state index in [1.807, 2.05) is 18.2 Å². The minimum Gasteiger partial charge on any atom is -0.493 e. The minimum atomic E-state index is -0.648. The zero-order valence-corrected chi connectivity index (χ0v) is 18.0. The number of hydrogen-bond donors (Lipinski definition) is 1. The number of benzene rings is 2. The molecule has 1 unspecified atom stereocenters. The molecule has 0 bridgehead atoms. The molecule has 0 fully saturated rings. The third-order valence-electron chi connectivity index (χ3n) is 4.43. The molecule has 0 aromatic heterocycles. The third-order valence-corrected chi connectivity index (χ3v) is 4.68. The van der Waals surface area contributed by atoms with Gasteiger partial charge in [-0.15, -0.1) is 0 Å². The maximum absolute atomic E-state index is 10.5. The number of aliphatic hydroxyl groups is 1. The van der Waals surface area contributed by atoms with E-state index in [1.54, 1.807) is 45.6 Å². The van der Waals surface area contributed by atoms with E-state index in [4.69, 9.17) is 30.5 Å². The molecular formula is C22H30ClNO5. The molecule has 29 heavy (non-hydrogen) atoms. The minimum absolute atomic E-state index is 0.192. The van der Waals surface area contributed by atoms with Gasteiger partial charge in [0.05, 0.1) is 14.2 Å². The van der Waals surface area contributed by atoms with Crippen LogP contribution in [0.4, 0.5) is 0 Å². The number of halogens is 1. The second-order valence-corrected chi connectivity index (χ2v) is 7.09. The summed E-state index contributed by atoms with van der Waals surface area (Å²) in [6.07, 6.45) is 0.206. The average Bonchev–Trinajstić information content (AvgIpc) is 2.73. The van der Waals surface area contributed by atoms with Gasteiger partial charge < -0.3 is 24.1 Å². The fourth-order valence-electron chi connectivity index (χ4n) is 3.06. The number of methoxy groups -OCH3 is 3. The lowest BCUT2D eigenvalue weighted by Gasteiger charge is -2.26. The molecule has 1 atom stereocenters. The van der Waals surface area contributed by atoms with Crippen LogP contribution >= 0.6 is 11.6 Å². The highest BCUT2D eigenvalue weighted by atomic mass is 35.5. The second kappa shape index (κ2) is 12.5. The summed E-state index contributed by atoms with van der Waals surface area (Å²) in [5.41, 5.74) is 0.995. The van der Waals surface area contributed by atoms with Crippen LogP contribution in [0.1, 0.15) is 12.0 Å². The van der Waals surface area contributed by atoms with Crippen LogP contribution in [0.3, 0.4) is 0 Å². The van der Waals surface area contributed by atoms with E-state index in [-0.39, 0.29) is 6.61 Å². The molecule has 0 spiro atoms. The Labute approximate surface area is 177 Å². The summed E-state index contributed by atoms with van der Waals surface area (Å²) in [7, 11) is 4.94. The molecule has 0 aliphatic carbocycles. The van der Waals surface area contributed by atoms with Crippen LogP contribution in [-0.2, 0) is 11.3 Å². The molecular weight excluding hydrogens is 394 g/mol. The Kier molecular flexibility index (Phi) is 10.1. The third kappa shape index (κ3) is 7.74. The van der Waals surface area contributed by atoms with E-state index in [0.717, 1.165) is 18.5 Å². The van der Waals surface area contributed by atoms with Crippen molar-refractivity contribution in [2.45, 2.75) is 19.1 Å². The van der Waals surface area contributed by atoms with E-state index < -0.39 is 6.10 Å². The highest BCUT2D eigenvalue weighted by molar-refractivity contribution is 6.30. The quantitative estimate of drug-likeness (QED) is 0.496. The van der Waals surface area contributed by atoms with Crippen molar-refractivity contribution in [1.29, 1.82) is 0 Å². The lowest BCUT2D eigenvalue weighted by molar-refractivity contribution is 0.0614. The van der Waals surface area contributed by atoms with Crippen molar-refractivity contribution in [2.75, 3.05) is 47.6 Å². The van der Waals surface area contributed by atoms with Gasteiger partial charge in [-0.1, -0.05) is 23.7 Å². The molecule has 0 amide bonds. The topological polar surface area (TPSA) is 60.4 Å².